The van der Waals surface area contributed by atoms with Crippen LogP contribution in [-0.2, 0) is 28.6 Å². The molecule has 0 saturated carbocycles. The van der Waals surface area contributed by atoms with E-state index < -0.39 is 34.5 Å². The Bertz CT molecular complexity index is 768. The van der Waals surface area contributed by atoms with Crippen molar-refractivity contribution in [2.45, 2.75) is 151 Å². The van der Waals surface area contributed by atoms with Gasteiger partial charge in [-0.15, -0.1) is 0 Å². The summed E-state index contributed by atoms with van der Waals surface area (Å²) in [6.07, 6.45) is 10.3. The number of carbonyl (C=O) groups excluding carboxylic acids is 3. The van der Waals surface area contributed by atoms with Crippen LogP contribution < -0.4 is 0 Å². The minimum atomic E-state index is -1.80. The number of carbonyl (C=O) groups is 3. The summed E-state index contributed by atoms with van der Waals surface area (Å²) >= 11 is 0. The van der Waals surface area contributed by atoms with Crippen LogP contribution in [0.3, 0.4) is 0 Å². The van der Waals surface area contributed by atoms with E-state index in [0.29, 0.717) is 0 Å². The van der Waals surface area contributed by atoms with Crippen LogP contribution >= 0.6 is 0 Å². The Kier molecular flexibility index (Phi) is 16.6. The third-order valence-corrected chi connectivity index (χ3v) is 6.58. The van der Waals surface area contributed by atoms with Gasteiger partial charge in [0.05, 0.1) is 6.61 Å². The number of allylic oxidation sites excluding steroid dienone is 1. The highest BCUT2D eigenvalue weighted by Crippen LogP contribution is 2.41. The summed E-state index contributed by atoms with van der Waals surface area (Å²) in [7, 11) is 0. The first kappa shape index (κ1) is 36.9. The molecule has 1 unspecified atom stereocenters. The summed E-state index contributed by atoms with van der Waals surface area (Å²) in [5, 5.41) is 0. The van der Waals surface area contributed by atoms with Crippen LogP contribution in [0.4, 0.5) is 0 Å². The number of rotatable bonds is 19. The fraction of sp³-hybridized carbons (Fsp3) is 0.788. The molecule has 0 aromatic rings. The molecule has 0 N–H and O–H groups in total. The summed E-state index contributed by atoms with van der Waals surface area (Å²) in [5.74, 6) is -2.01. The number of ether oxygens (including phenoxy) is 3. The van der Waals surface area contributed by atoms with Crippen molar-refractivity contribution in [3.05, 3.63) is 24.3 Å². The van der Waals surface area contributed by atoms with Gasteiger partial charge < -0.3 is 14.2 Å². The molecular weight excluding hydrogens is 492 g/mol. The van der Waals surface area contributed by atoms with Gasteiger partial charge in [0.15, 0.2) is 5.41 Å². The van der Waals surface area contributed by atoms with Crippen LogP contribution in [0.25, 0.3) is 0 Å². The number of unbranched alkanes of at least 4 members (excludes halogenated alkanes) is 7. The second kappa shape index (κ2) is 17.6. The molecule has 0 aliphatic rings. The maximum Gasteiger partial charge on any atom is 0.333 e. The van der Waals surface area contributed by atoms with Crippen LogP contribution in [0.1, 0.15) is 139 Å². The molecule has 0 amide bonds. The van der Waals surface area contributed by atoms with E-state index in [0.717, 1.165) is 50.5 Å². The van der Waals surface area contributed by atoms with Crippen LogP contribution in [-0.4, -0.2) is 35.7 Å². The van der Waals surface area contributed by atoms with Crippen molar-refractivity contribution in [3.8, 4) is 0 Å². The molecule has 0 aliphatic carbocycles. The van der Waals surface area contributed by atoms with Gasteiger partial charge in [0.2, 0.25) is 0 Å². The van der Waals surface area contributed by atoms with E-state index in [1.54, 1.807) is 41.5 Å². The minimum absolute atomic E-state index is 0.00778. The maximum atomic E-state index is 13.8. The van der Waals surface area contributed by atoms with Crippen molar-refractivity contribution in [2.75, 3.05) is 6.61 Å². The predicted octanol–water partition coefficient (Wildman–Crippen LogP) is 8.67. The molecule has 39 heavy (non-hydrogen) atoms. The van der Waals surface area contributed by atoms with Gasteiger partial charge in [-0.3, -0.25) is 9.59 Å². The first-order valence-electron chi connectivity index (χ1n) is 15.0. The second-order valence-electron chi connectivity index (χ2n) is 13.0. The lowest BCUT2D eigenvalue weighted by Crippen LogP contribution is -2.48. The standard InChI is InChI=1S/C33H58O6/c1-12-14-16-17-18-20-22-37-28(34)27(5)24-33(29(35)38-31(6,7)8,30(36)39-32(9,10)11)23-26(4)25(3)21-19-15-13-2/h25H,4-5,12-24H2,1-3,6-11H3. The molecule has 0 aliphatic heterocycles. The molecular formula is C33H58O6. The molecule has 226 valence electrons. The molecule has 0 bridgehead atoms. The highest BCUT2D eigenvalue weighted by atomic mass is 16.6. The third-order valence-electron chi connectivity index (χ3n) is 6.58. The molecule has 0 saturated heterocycles. The Hall–Kier alpha value is -2.11. The Morgan fingerprint density at radius 3 is 1.64 bits per heavy atom. The van der Waals surface area contributed by atoms with Gasteiger partial charge in [-0.05, 0) is 66.7 Å². The van der Waals surface area contributed by atoms with Gasteiger partial charge in [-0.25, -0.2) is 4.79 Å². The van der Waals surface area contributed by atoms with Crippen LogP contribution in [0.2, 0.25) is 0 Å². The number of hydrogen-bond donors (Lipinski definition) is 0. The second-order valence-corrected chi connectivity index (χ2v) is 13.0. The number of esters is 3. The monoisotopic (exact) mass is 550 g/mol. The third kappa shape index (κ3) is 15.3. The fourth-order valence-electron chi connectivity index (χ4n) is 4.24. The van der Waals surface area contributed by atoms with E-state index in [1.807, 2.05) is 0 Å². The van der Waals surface area contributed by atoms with Crippen molar-refractivity contribution in [1.29, 1.82) is 0 Å². The average molecular weight is 551 g/mol. The Morgan fingerprint density at radius 1 is 0.692 bits per heavy atom. The molecule has 0 fully saturated rings. The van der Waals surface area contributed by atoms with Crippen molar-refractivity contribution in [2.24, 2.45) is 11.3 Å². The van der Waals surface area contributed by atoms with Crippen molar-refractivity contribution < 1.29 is 28.6 Å². The van der Waals surface area contributed by atoms with Crippen LogP contribution in [0, 0.1) is 11.3 Å². The first-order chi connectivity index (χ1) is 18.0. The summed E-state index contributed by atoms with van der Waals surface area (Å²) in [4.78, 5) is 40.5. The zero-order chi connectivity index (χ0) is 30.3. The summed E-state index contributed by atoms with van der Waals surface area (Å²) in [5.41, 5.74) is -2.71. The quantitative estimate of drug-likeness (QED) is 0.0400. The van der Waals surface area contributed by atoms with Gasteiger partial charge in [-0.1, -0.05) is 90.9 Å². The van der Waals surface area contributed by atoms with Crippen molar-refractivity contribution >= 4 is 17.9 Å². The van der Waals surface area contributed by atoms with Crippen molar-refractivity contribution in [1.82, 2.24) is 0 Å². The molecule has 6 nitrogen and oxygen atoms in total. The molecule has 1 atom stereocenters. The predicted molar refractivity (Wildman–Crippen MR) is 159 cm³/mol. The summed E-state index contributed by atoms with van der Waals surface area (Å²) in [6.45, 7) is 25.3. The lowest BCUT2D eigenvalue weighted by atomic mass is 9.73. The van der Waals surface area contributed by atoms with Crippen LogP contribution in [0.5, 0.6) is 0 Å². The molecule has 0 radical (unpaired) electrons. The molecule has 0 heterocycles. The Balaban J connectivity index is 6.01. The van der Waals surface area contributed by atoms with Crippen molar-refractivity contribution in [3.63, 3.8) is 0 Å². The van der Waals surface area contributed by atoms with E-state index in [2.05, 4.69) is 33.9 Å². The Morgan fingerprint density at radius 2 is 1.15 bits per heavy atom. The van der Waals surface area contributed by atoms with E-state index in [-0.39, 0.29) is 30.9 Å². The fourth-order valence-corrected chi connectivity index (χ4v) is 4.24. The maximum absolute atomic E-state index is 13.8. The van der Waals surface area contributed by atoms with E-state index in [9.17, 15) is 14.4 Å². The SMILES string of the molecule is C=C(CC(CC(=C)C(C)CCCCC)(C(=O)OC(C)(C)C)C(=O)OC(C)(C)C)C(=O)OCCCCCCCC. The lowest BCUT2D eigenvalue weighted by Gasteiger charge is -2.36. The molecule has 0 spiro atoms. The molecule has 0 aromatic carbocycles. The average Bonchev–Trinajstić information content (AvgIpc) is 2.80. The van der Waals surface area contributed by atoms with E-state index >= 15 is 0 Å². The van der Waals surface area contributed by atoms with Gasteiger partial charge >= 0.3 is 17.9 Å². The highest BCUT2D eigenvalue weighted by molar-refractivity contribution is 6.02. The minimum Gasteiger partial charge on any atom is -0.462 e. The topological polar surface area (TPSA) is 78.9 Å². The van der Waals surface area contributed by atoms with E-state index in [4.69, 9.17) is 14.2 Å². The van der Waals surface area contributed by atoms with E-state index in [1.165, 1.54) is 19.3 Å². The highest BCUT2D eigenvalue weighted by Gasteiger charge is 2.52. The summed E-state index contributed by atoms with van der Waals surface area (Å²) in [6, 6.07) is 0. The van der Waals surface area contributed by atoms with Gasteiger partial charge in [0.1, 0.15) is 11.2 Å². The largest absolute Gasteiger partial charge is 0.462 e. The zero-order valence-electron chi connectivity index (χ0n) is 26.6. The molecule has 6 heteroatoms. The molecule has 0 aromatic heterocycles. The van der Waals surface area contributed by atoms with Gasteiger partial charge in [0, 0.05) is 12.0 Å². The van der Waals surface area contributed by atoms with Gasteiger partial charge in [-0.2, -0.15) is 0 Å². The first-order valence-corrected chi connectivity index (χ1v) is 15.0. The summed E-state index contributed by atoms with van der Waals surface area (Å²) < 4.78 is 17.0. The van der Waals surface area contributed by atoms with Crippen LogP contribution in [0.15, 0.2) is 24.3 Å². The Labute approximate surface area is 239 Å². The zero-order valence-corrected chi connectivity index (χ0v) is 26.6. The van der Waals surface area contributed by atoms with Gasteiger partial charge in [0.25, 0.3) is 0 Å². The smallest absolute Gasteiger partial charge is 0.333 e. The number of hydrogen-bond acceptors (Lipinski definition) is 6. The normalized spacial score (nSPS) is 12.9. The molecule has 0 rings (SSSR count). The lowest BCUT2D eigenvalue weighted by molar-refractivity contribution is -0.185.